The van der Waals surface area contributed by atoms with Gasteiger partial charge in [0.15, 0.2) is 17.3 Å². The molecule has 0 aliphatic carbocycles. The van der Waals surface area contributed by atoms with E-state index in [4.69, 9.17) is 23.5 Å². The second-order valence-corrected chi connectivity index (χ2v) is 5.21. The second kappa shape index (κ2) is 7.17. The van der Waals surface area contributed by atoms with Gasteiger partial charge < -0.3 is 23.5 Å². The molecule has 6 heteroatoms. The summed E-state index contributed by atoms with van der Waals surface area (Å²) in [6.45, 7) is 0. The molecule has 0 unspecified atom stereocenters. The molecule has 1 aromatic heterocycles. The lowest BCUT2D eigenvalue weighted by molar-refractivity contribution is 0.348. The van der Waals surface area contributed by atoms with E-state index in [9.17, 15) is 0 Å². The first kappa shape index (κ1) is 16.7. The van der Waals surface area contributed by atoms with E-state index in [1.165, 1.54) is 0 Å². The Hall–Kier alpha value is -3.15. The third-order valence-electron chi connectivity index (χ3n) is 3.90. The summed E-state index contributed by atoms with van der Waals surface area (Å²) >= 11 is 0. The van der Waals surface area contributed by atoms with E-state index in [-0.39, 0.29) is 0 Å². The minimum Gasteiger partial charge on any atom is -0.497 e. The predicted molar refractivity (Wildman–Crippen MR) is 93.6 cm³/mol. The predicted octanol–water partition coefficient (Wildman–Crippen LogP) is 4.04. The summed E-state index contributed by atoms with van der Waals surface area (Å²) in [7, 11) is 6.38. The van der Waals surface area contributed by atoms with Crippen molar-refractivity contribution in [3.63, 3.8) is 0 Å². The van der Waals surface area contributed by atoms with E-state index >= 15 is 0 Å². The highest BCUT2D eigenvalue weighted by Crippen LogP contribution is 2.44. The summed E-state index contributed by atoms with van der Waals surface area (Å²) in [5, 5.41) is 3.96. The van der Waals surface area contributed by atoms with Crippen LogP contribution in [0.1, 0.15) is 0 Å². The van der Waals surface area contributed by atoms with Gasteiger partial charge in [-0.05, 0) is 23.8 Å². The van der Waals surface area contributed by atoms with E-state index in [0.717, 1.165) is 16.9 Å². The zero-order valence-corrected chi connectivity index (χ0v) is 14.5. The fourth-order valence-electron chi connectivity index (χ4n) is 2.64. The quantitative estimate of drug-likeness (QED) is 0.674. The summed E-state index contributed by atoms with van der Waals surface area (Å²) in [6, 6.07) is 11.2. The first-order valence-electron chi connectivity index (χ1n) is 7.61. The highest BCUT2D eigenvalue weighted by atomic mass is 16.5. The van der Waals surface area contributed by atoms with Crippen molar-refractivity contribution in [3.05, 3.63) is 42.6 Å². The van der Waals surface area contributed by atoms with Gasteiger partial charge in [-0.3, -0.25) is 0 Å². The fourth-order valence-corrected chi connectivity index (χ4v) is 2.64. The summed E-state index contributed by atoms with van der Waals surface area (Å²) in [5.74, 6) is 3.08. The molecule has 3 aromatic rings. The van der Waals surface area contributed by atoms with Crippen molar-refractivity contribution in [3.8, 4) is 45.4 Å². The number of nitrogens with zero attached hydrogens (tertiary/aromatic N) is 1. The molecule has 0 radical (unpaired) electrons. The number of benzene rings is 2. The maximum absolute atomic E-state index is 5.53. The Morgan fingerprint density at radius 2 is 1.48 bits per heavy atom. The second-order valence-electron chi connectivity index (χ2n) is 5.21. The van der Waals surface area contributed by atoms with E-state index in [1.807, 2.05) is 30.3 Å². The van der Waals surface area contributed by atoms with Crippen LogP contribution in [0.5, 0.6) is 23.0 Å². The SMILES string of the molecule is COc1ccc(-c2cnoc2-c2cc(OC)cc(OC)c2OC)cc1. The summed E-state index contributed by atoms with van der Waals surface area (Å²) in [5.41, 5.74) is 2.47. The van der Waals surface area contributed by atoms with Gasteiger partial charge in [-0.1, -0.05) is 17.3 Å². The number of hydrogen-bond donors (Lipinski definition) is 0. The molecule has 25 heavy (non-hydrogen) atoms. The van der Waals surface area contributed by atoms with Crippen molar-refractivity contribution >= 4 is 0 Å². The lowest BCUT2D eigenvalue weighted by atomic mass is 10.0. The Kier molecular flexibility index (Phi) is 4.79. The molecule has 0 bridgehead atoms. The van der Waals surface area contributed by atoms with Gasteiger partial charge in [-0.25, -0.2) is 0 Å². The van der Waals surface area contributed by atoms with Crippen LogP contribution in [0.15, 0.2) is 47.1 Å². The van der Waals surface area contributed by atoms with Crippen LogP contribution < -0.4 is 18.9 Å². The standard InChI is InChI=1S/C19H19NO5/c1-21-13-7-5-12(6-8-13)16-11-20-25-18(16)15-9-14(22-2)10-17(23-3)19(15)24-4/h5-11H,1-4H3. The monoisotopic (exact) mass is 341 g/mol. The molecule has 2 aromatic carbocycles. The Morgan fingerprint density at radius 1 is 0.760 bits per heavy atom. The van der Waals surface area contributed by atoms with E-state index in [2.05, 4.69) is 5.16 Å². The molecule has 0 aliphatic heterocycles. The molecule has 0 N–H and O–H groups in total. The Bertz CT molecular complexity index is 855. The molecule has 6 nitrogen and oxygen atoms in total. The molecular formula is C19H19NO5. The highest BCUT2D eigenvalue weighted by molar-refractivity contribution is 5.84. The average Bonchev–Trinajstić information content (AvgIpc) is 3.16. The molecule has 0 saturated heterocycles. The molecule has 0 amide bonds. The van der Waals surface area contributed by atoms with Gasteiger partial charge in [0.1, 0.15) is 11.5 Å². The fraction of sp³-hybridized carbons (Fsp3) is 0.211. The minimum absolute atomic E-state index is 0.550. The summed E-state index contributed by atoms with van der Waals surface area (Å²) in [6.07, 6.45) is 1.67. The maximum Gasteiger partial charge on any atom is 0.178 e. The van der Waals surface area contributed by atoms with Crippen LogP contribution in [0.3, 0.4) is 0 Å². The molecule has 0 fully saturated rings. The normalized spacial score (nSPS) is 10.4. The lowest BCUT2D eigenvalue weighted by Gasteiger charge is -2.14. The molecular weight excluding hydrogens is 322 g/mol. The first-order valence-corrected chi connectivity index (χ1v) is 7.61. The Balaban J connectivity index is 2.16. The van der Waals surface area contributed by atoms with Crippen molar-refractivity contribution in [2.75, 3.05) is 28.4 Å². The molecule has 0 atom stereocenters. The van der Waals surface area contributed by atoms with Crippen LogP contribution in [0.2, 0.25) is 0 Å². The number of rotatable bonds is 6. The van der Waals surface area contributed by atoms with Gasteiger partial charge in [-0.15, -0.1) is 0 Å². The van der Waals surface area contributed by atoms with Gasteiger partial charge >= 0.3 is 0 Å². The summed E-state index contributed by atoms with van der Waals surface area (Å²) < 4.78 is 27.0. The molecule has 0 saturated carbocycles. The van der Waals surface area contributed by atoms with E-state index in [0.29, 0.717) is 28.6 Å². The zero-order chi connectivity index (χ0) is 17.8. The van der Waals surface area contributed by atoms with Crippen LogP contribution in [-0.4, -0.2) is 33.6 Å². The number of aromatic nitrogens is 1. The first-order chi connectivity index (χ1) is 12.2. The number of hydrogen-bond acceptors (Lipinski definition) is 6. The van der Waals surface area contributed by atoms with Crippen molar-refractivity contribution in [2.24, 2.45) is 0 Å². The van der Waals surface area contributed by atoms with Crippen LogP contribution >= 0.6 is 0 Å². The largest absolute Gasteiger partial charge is 0.497 e. The molecule has 3 rings (SSSR count). The van der Waals surface area contributed by atoms with Crippen LogP contribution in [0, 0.1) is 0 Å². The summed E-state index contributed by atoms with van der Waals surface area (Å²) in [4.78, 5) is 0. The maximum atomic E-state index is 5.53. The smallest absolute Gasteiger partial charge is 0.178 e. The topological polar surface area (TPSA) is 63.0 Å². The Morgan fingerprint density at radius 3 is 2.08 bits per heavy atom. The minimum atomic E-state index is 0.550. The zero-order valence-electron chi connectivity index (χ0n) is 14.5. The van der Waals surface area contributed by atoms with Gasteiger partial charge in [-0.2, -0.15) is 0 Å². The number of methoxy groups -OCH3 is 4. The van der Waals surface area contributed by atoms with Crippen molar-refractivity contribution in [2.45, 2.75) is 0 Å². The Labute approximate surface area is 145 Å². The van der Waals surface area contributed by atoms with Gasteiger partial charge in [0.05, 0.1) is 40.2 Å². The third kappa shape index (κ3) is 3.10. The van der Waals surface area contributed by atoms with E-state index in [1.54, 1.807) is 40.7 Å². The van der Waals surface area contributed by atoms with Gasteiger partial charge in [0.25, 0.3) is 0 Å². The van der Waals surface area contributed by atoms with Crippen LogP contribution in [0.25, 0.3) is 22.5 Å². The van der Waals surface area contributed by atoms with Crippen molar-refractivity contribution in [1.82, 2.24) is 5.16 Å². The molecule has 1 heterocycles. The van der Waals surface area contributed by atoms with Crippen molar-refractivity contribution < 1.29 is 23.5 Å². The third-order valence-corrected chi connectivity index (χ3v) is 3.90. The van der Waals surface area contributed by atoms with Crippen molar-refractivity contribution in [1.29, 1.82) is 0 Å². The van der Waals surface area contributed by atoms with Crippen LogP contribution in [0.4, 0.5) is 0 Å². The van der Waals surface area contributed by atoms with E-state index < -0.39 is 0 Å². The average molecular weight is 341 g/mol. The lowest BCUT2D eigenvalue weighted by Crippen LogP contribution is -1.95. The molecule has 0 spiro atoms. The highest BCUT2D eigenvalue weighted by Gasteiger charge is 2.21. The number of ether oxygens (including phenoxy) is 4. The van der Waals surface area contributed by atoms with Gasteiger partial charge in [0, 0.05) is 11.6 Å². The van der Waals surface area contributed by atoms with Gasteiger partial charge in [0.2, 0.25) is 0 Å². The molecule has 0 aliphatic rings. The molecule has 130 valence electrons. The van der Waals surface area contributed by atoms with Crippen LogP contribution in [-0.2, 0) is 0 Å².